The van der Waals surface area contributed by atoms with Crippen molar-refractivity contribution >= 4 is 5.91 Å². The smallest absolute Gasteiger partial charge is 0.257 e. The van der Waals surface area contributed by atoms with Gasteiger partial charge in [-0.05, 0) is 38.6 Å². The van der Waals surface area contributed by atoms with Crippen molar-refractivity contribution in [2.75, 3.05) is 13.6 Å². The van der Waals surface area contributed by atoms with Crippen molar-refractivity contribution in [3.05, 3.63) is 18.0 Å². The van der Waals surface area contributed by atoms with Crippen LogP contribution >= 0.6 is 0 Å². The highest BCUT2D eigenvalue weighted by atomic mass is 16.2. The molecule has 0 unspecified atom stereocenters. The maximum Gasteiger partial charge on any atom is 0.257 e. The van der Waals surface area contributed by atoms with Crippen molar-refractivity contribution in [1.82, 2.24) is 20.4 Å². The maximum atomic E-state index is 12.2. The van der Waals surface area contributed by atoms with Gasteiger partial charge in [0, 0.05) is 25.3 Å². The van der Waals surface area contributed by atoms with Crippen LogP contribution in [0.25, 0.3) is 0 Å². The third-order valence-corrected chi connectivity index (χ3v) is 3.99. The molecule has 1 fully saturated rings. The summed E-state index contributed by atoms with van der Waals surface area (Å²) >= 11 is 0. The average molecular weight is 264 g/mol. The highest BCUT2D eigenvalue weighted by molar-refractivity contribution is 5.93. The molecule has 2 N–H and O–H groups in total. The molecule has 0 radical (unpaired) electrons. The molecule has 0 aromatic carbocycles. The summed E-state index contributed by atoms with van der Waals surface area (Å²) < 4.78 is 0. The van der Waals surface area contributed by atoms with Gasteiger partial charge in [-0.15, -0.1) is 0 Å². The summed E-state index contributed by atoms with van der Waals surface area (Å²) in [5, 5.41) is 10.1. The predicted octanol–water partition coefficient (Wildman–Crippen LogP) is 1.79. The van der Waals surface area contributed by atoms with E-state index >= 15 is 0 Å². The molecular weight excluding hydrogens is 240 g/mol. The van der Waals surface area contributed by atoms with Crippen LogP contribution in [0.2, 0.25) is 0 Å². The van der Waals surface area contributed by atoms with Gasteiger partial charge in [-0.25, -0.2) is 0 Å². The third kappa shape index (κ3) is 3.56. The van der Waals surface area contributed by atoms with Crippen molar-refractivity contribution in [3.63, 3.8) is 0 Å². The molecule has 0 bridgehead atoms. The minimum absolute atomic E-state index is 0.0683. The fourth-order valence-electron chi connectivity index (χ4n) is 2.75. The Kier molecular flexibility index (Phi) is 4.96. The van der Waals surface area contributed by atoms with Crippen LogP contribution in [0.4, 0.5) is 0 Å². The van der Waals surface area contributed by atoms with E-state index in [0.717, 1.165) is 32.2 Å². The molecule has 1 saturated carbocycles. The van der Waals surface area contributed by atoms with Gasteiger partial charge < -0.3 is 10.2 Å². The summed E-state index contributed by atoms with van der Waals surface area (Å²) in [6.07, 6.45) is 8.92. The van der Waals surface area contributed by atoms with Gasteiger partial charge in [-0.1, -0.05) is 6.92 Å². The Morgan fingerprint density at radius 1 is 1.47 bits per heavy atom. The number of aromatic amines is 1. The van der Waals surface area contributed by atoms with Crippen molar-refractivity contribution in [1.29, 1.82) is 0 Å². The van der Waals surface area contributed by atoms with Gasteiger partial charge in [0.2, 0.25) is 0 Å². The van der Waals surface area contributed by atoms with E-state index < -0.39 is 0 Å². The molecule has 2 rings (SSSR count). The quantitative estimate of drug-likeness (QED) is 0.852. The molecule has 5 nitrogen and oxygen atoms in total. The number of H-pyrrole nitrogens is 1. The van der Waals surface area contributed by atoms with Crippen LogP contribution in [-0.2, 0) is 0 Å². The van der Waals surface area contributed by atoms with E-state index in [1.165, 1.54) is 6.42 Å². The minimum atomic E-state index is 0.0683. The SMILES string of the molecule is CCCNC1CCC(N(C)C(=O)c2cn[nH]c2)CC1. The first-order valence-corrected chi connectivity index (χ1v) is 7.21. The number of hydrogen-bond acceptors (Lipinski definition) is 3. The van der Waals surface area contributed by atoms with Crippen LogP contribution in [0, 0.1) is 0 Å². The standard InChI is InChI=1S/C14H24N4O/c1-3-8-15-12-4-6-13(7-5-12)18(2)14(19)11-9-16-17-10-11/h9-10,12-13,15H,3-8H2,1-2H3,(H,16,17). The first-order chi connectivity index (χ1) is 9.22. The molecular formula is C14H24N4O. The lowest BCUT2D eigenvalue weighted by atomic mass is 9.90. The van der Waals surface area contributed by atoms with Gasteiger partial charge in [-0.3, -0.25) is 9.89 Å². The lowest BCUT2D eigenvalue weighted by Gasteiger charge is -2.35. The van der Waals surface area contributed by atoms with Crippen LogP contribution in [0.15, 0.2) is 12.4 Å². The lowest BCUT2D eigenvalue weighted by molar-refractivity contribution is 0.0684. The number of rotatable bonds is 5. The molecule has 106 valence electrons. The Bertz CT molecular complexity index is 382. The summed E-state index contributed by atoms with van der Waals surface area (Å²) in [7, 11) is 1.90. The third-order valence-electron chi connectivity index (χ3n) is 3.99. The zero-order valence-electron chi connectivity index (χ0n) is 11.9. The van der Waals surface area contributed by atoms with E-state index in [1.807, 2.05) is 11.9 Å². The molecule has 0 aliphatic heterocycles. The monoisotopic (exact) mass is 264 g/mol. The van der Waals surface area contributed by atoms with Crippen molar-refractivity contribution in [2.24, 2.45) is 0 Å². The van der Waals surface area contributed by atoms with Gasteiger partial charge in [0.25, 0.3) is 5.91 Å². The van der Waals surface area contributed by atoms with E-state index in [0.29, 0.717) is 17.6 Å². The molecule has 19 heavy (non-hydrogen) atoms. The van der Waals surface area contributed by atoms with Crippen molar-refractivity contribution < 1.29 is 4.79 Å². The lowest BCUT2D eigenvalue weighted by Crippen LogP contribution is -2.43. The fraction of sp³-hybridized carbons (Fsp3) is 0.714. The molecule has 1 aliphatic carbocycles. The fourth-order valence-corrected chi connectivity index (χ4v) is 2.75. The Morgan fingerprint density at radius 3 is 2.79 bits per heavy atom. The van der Waals surface area contributed by atoms with Crippen LogP contribution in [0.3, 0.4) is 0 Å². The molecule has 1 aliphatic rings. The normalized spacial score (nSPS) is 23.3. The van der Waals surface area contributed by atoms with Crippen LogP contribution in [0.5, 0.6) is 0 Å². The number of carbonyl (C=O) groups is 1. The van der Waals surface area contributed by atoms with Gasteiger partial charge in [0.05, 0.1) is 11.8 Å². The number of nitrogens with zero attached hydrogens (tertiary/aromatic N) is 2. The molecule has 1 aromatic heterocycles. The molecule has 0 spiro atoms. The van der Waals surface area contributed by atoms with E-state index in [9.17, 15) is 4.79 Å². The minimum Gasteiger partial charge on any atom is -0.339 e. The topological polar surface area (TPSA) is 61.0 Å². The van der Waals surface area contributed by atoms with Crippen LogP contribution < -0.4 is 5.32 Å². The van der Waals surface area contributed by atoms with Gasteiger partial charge >= 0.3 is 0 Å². The zero-order chi connectivity index (χ0) is 13.7. The molecule has 0 saturated heterocycles. The second-order valence-corrected chi connectivity index (χ2v) is 5.36. The van der Waals surface area contributed by atoms with E-state index in [2.05, 4.69) is 22.4 Å². The van der Waals surface area contributed by atoms with E-state index in [-0.39, 0.29) is 5.91 Å². The zero-order valence-corrected chi connectivity index (χ0v) is 11.9. The van der Waals surface area contributed by atoms with E-state index in [1.54, 1.807) is 12.4 Å². The predicted molar refractivity (Wildman–Crippen MR) is 75.0 cm³/mol. The molecule has 0 atom stereocenters. The van der Waals surface area contributed by atoms with Crippen LogP contribution in [0.1, 0.15) is 49.4 Å². The number of aromatic nitrogens is 2. The Hall–Kier alpha value is -1.36. The second-order valence-electron chi connectivity index (χ2n) is 5.36. The summed E-state index contributed by atoms with van der Waals surface area (Å²) in [6.45, 7) is 3.29. The molecule has 1 heterocycles. The van der Waals surface area contributed by atoms with Crippen molar-refractivity contribution in [3.8, 4) is 0 Å². The number of hydrogen-bond donors (Lipinski definition) is 2. The average Bonchev–Trinajstić information content (AvgIpc) is 2.98. The maximum absolute atomic E-state index is 12.2. The van der Waals surface area contributed by atoms with Gasteiger partial charge in [-0.2, -0.15) is 5.10 Å². The number of nitrogens with one attached hydrogen (secondary N) is 2. The second kappa shape index (κ2) is 6.70. The summed E-state index contributed by atoms with van der Waals surface area (Å²) in [5.41, 5.74) is 0.647. The van der Waals surface area contributed by atoms with Crippen molar-refractivity contribution in [2.45, 2.75) is 51.1 Å². The number of amides is 1. The Labute approximate surface area is 114 Å². The summed E-state index contributed by atoms with van der Waals surface area (Å²) in [4.78, 5) is 14.1. The molecule has 1 aromatic rings. The Morgan fingerprint density at radius 2 is 2.21 bits per heavy atom. The Balaban J connectivity index is 1.82. The summed E-state index contributed by atoms with van der Waals surface area (Å²) in [5.74, 6) is 0.0683. The molecule has 5 heteroatoms. The first kappa shape index (κ1) is 14.1. The van der Waals surface area contributed by atoms with E-state index in [4.69, 9.17) is 0 Å². The van der Waals surface area contributed by atoms with Gasteiger partial charge in [0.1, 0.15) is 0 Å². The van der Waals surface area contributed by atoms with Gasteiger partial charge in [0.15, 0.2) is 0 Å². The van der Waals surface area contributed by atoms with Crippen LogP contribution in [-0.4, -0.2) is 46.7 Å². The first-order valence-electron chi connectivity index (χ1n) is 7.21. The summed E-state index contributed by atoms with van der Waals surface area (Å²) in [6, 6.07) is 0.996. The largest absolute Gasteiger partial charge is 0.339 e. The molecule has 1 amide bonds. The highest BCUT2D eigenvalue weighted by Crippen LogP contribution is 2.23. The number of carbonyl (C=O) groups excluding carboxylic acids is 1. The highest BCUT2D eigenvalue weighted by Gasteiger charge is 2.26.